The van der Waals surface area contributed by atoms with Gasteiger partial charge >= 0.3 is 0 Å². The van der Waals surface area contributed by atoms with E-state index in [9.17, 15) is 4.39 Å². The molecule has 264 valence electrons. The van der Waals surface area contributed by atoms with E-state index >= 15 is 4.39 Å². The molecule has 0 amide bonds. The van der Waals surface area contributed by atoms with Crippen molar-refractivity contribution in [3.8, 4) is 28.4 Å². The van der Waals surface area contributed by atoms with Crippen molar-refractivity contribution in [2.24, 2.45) is 0 Å². The molecule has 9 rings (SSSR count). The summed E-state index contributed by atoms with van der Waals surface area (Å²) in [4.78, 5) is 8.32. The molecule has 3 heterocycles. The van der Waals surface area contributed by atoms with Crippen LogP contribution in [0.5, 0.6) is 11.5 Å². The molecule has 5 nitrogen and oxygen atoms in total. The molecule has 0 bridgehead atoms. The van der Waals surface area contributed by atoms with E-state index in [-0.39, 0.29) is 26.8 Å². The van der Waals surface area contributed by atoms with Gasteiger partial charge in [0.2, 0.25) is 0 Å². The average Bonchev–Trinajstić information content (AvgIpc) is 3.71. The Labute approximate surface area is 321 Å². The molecule has 6 aromatic carbocycles. The number of hydrogen-bond donors (Lipinski definition) is 0. The maximum absolute atomic E-state index is 15.2. The van der Waals surface area contributed by atoms with Crippen LogP contribution in [0.1, 0.15) is 25.3 Å². The summed E-state index contributed by atoms with van der Waals surface area (Å²) in [7, 11) is 0. The van der Waals surface area contributed by atoms with Gasteiger partial charge in [-0.1, -0.05) is 80.0 Å². The van der Waals surface area contributed by atoms with Crippen LogP contribution < -0.4 is 14.5 Å². The summed E-state index contributed by atoms with van der Waals surface area (Å²) in [6.07, 6.45) is 1.78. The molecule has 0 radical (unpaired) electrons. The van der Waals surface area contributed by atoms with Gasteiger partial charge in [-0.15, -0.1) is 53.6 Å². The first kappa shape index (κ1) is 34.3. The molecule has 0 unspecified atom stereocenters. The molecule has 0 fully saturated rings. The van der Waals surface area contributed by atoms with Gasteiger partial charge in [0.25, 0.3) is 0 Å². The Kier molecular flexibility index (Phi) is 9.05. The Bertz CT molecular complexity index is 2610. The van der Waals surface area contributed by atoms with Gasteiger partial charge in [-0.2, -0.15) is 6.07 Å². The molecule has 0 atom stereocenters. The third-order valence-corrected chi connectivity index (χ3v) is 9.46. The van der Waals surface area contributed by atoms with Crippen LogP contribution >= 0.6 is 0 Å². The summed E-state index contributed by atoms with van der Waals surface area (Å²) >= 11 is 0. The zero-order valence-corrected chi connectivity index (χ0v) is 31.0. The van der Waals surface area contributed by atoms with Crippen LogP contribution in [0.15, 0.2) is 140 Å². The molecule has 0 saturated heterocycles. The van der Waals surface area contributed by atoms with E-state index in [0.29, 0.717) is 23.1 Å². The second-order valence-corrected chi connectivity index (χ2v) is 13.1. The van der Waals surface area contributed by atoms with Crippen LogP contribution in [0.25, 0.3) is 38.8 Å². The predicted molar refractivity (Wildman–Crippen MR) is 204 cm³/mol. The van der Waals surface area contributed by atoms with Gasteiger partial charge in [0.05, 0.1) is 0 Å². The fourth-order valence-electron chi connectivity index (χ4n) is 6.89. The van der Waals surface area contributed by atoms with Crippen molar-refractivity contribution in [1.29, 1.82) is 0 Å². The summed E-state index contributed by atoms with van der Waals surface area (Å²) in [5.74, 6) is 0.888. The van der Waals surface area contributed by atoms with Gasteiger partial charge in [0.15, 0.2) is 0 Å². The number of benzene rings is 6. The van der Waals surface area contributed by atoms with Gasteiger partial charge in [-0.25, -0.2) is 13.8 Å². The second-order valence-electron chi connectivity index (χ2n) is 13.1. The van der Waals surface area contributed by atoms with Crippen LogP contribution in [0, 0.1) is 30.4 Å². The quantitative estimate of drug-likeness (QED) is 0.149. The molecule has 1 aliphatic rings. The number of pyridine rings is 1. The number of hydrogen-bond acceptors (Lipinski definition) is 4. The number of anilines is 4. The monoisotopic (exact) mass is 876 g/mol. The van der Waals surface area contributed by atoms with Gasteiger partial charge in [0.1, 0.15) is 17.5 Å². The van der Waals surface area contributed by atoms with Crippen molar-refractivity contribution < 1.29 is 34.6 Å². The van der Waals surface area contributed by atoms with E-state index in [2.05, 4.69) is 78.0 Å². The number of halogens is 2. The summed E-state index contributed by atoms with van der Waals surface area (Å²) in [5, 5.41) is 2.13. The molecule has 1 aliphatic heterocycles. The number of rotatable bonds is 7. The van der Waals surface area contributed by atoms with Crippen molar-refractivity contribution in [3.05, 3.63) is 176 Å². The average molecular weight is 877 g/mol. The maximum Gasteiger partial charge on any atom is 0.147 e. The summed E-state index contributed by atoms with van der Waals surface area (Å²) in [6, 6.07) is 48.9. The minimum absolute atomic E-state index is 0. The summed E-state index contributed by atoms with van der Waals surface area (Å²) in [6.45, 7) is 6.15. The largest absolute Gasteiger partial charge is 0.509 e. The zero-order chi connectivity index (χ0) is 35.3. The normalized spacial score (nSPS) is 12.4. The van der Waals surface area contributed by atoms with Crippen LogP contribution in [-0.4, -0.2) is 9.55 Å². The van der Waals surface area contributed by atoms with E-state index in [0.717, 1.165) is 56.2 Å². The molecule has 8 aromatic rings. The van der Waals surface area contributed by atoms with Crippen molar-refractivity contribution in [1.82, 2.24) is 9.55 Å². The van der Waals surface area contributed by atoms with Gasteiger partial charge in [-0.3, -0.25) is 0 Å². The maximum atomic E-state index is 15.2. The number of ether oxygens (including phenoxy) is 1. The Morgan fingerprint density at radius 3 is 2.17 bits per heavy atom. The molecule has 8 heteroatoms. The minimum atomic E-state index is -0.658. The molecule has 0 spiro atoms. The van der Waals surface area contributed by atoms with Crippen molar-refractivity contribution in [3.63, 3.8) is 0 Å². The fourth-order valence-corrected chi connectivity index (χ4v) is 6.89. The van der Waals surface area contributed by atoms with E-state index in [1.165, 1.54) is 17.7 Å². The van der Waals surface area contributed by atoms with Crippen LogP contribution in [0.2, 0.25) is 0 Å². The fraction of sp³-hybridized carbons (Fsp3) is 0.0667. The first-order chi connectivity index (χ1) is 25.4. The van der Waals surface area contributed by atoms with Crippen molar-refractivity contribution in [2.75, 3.05) is 9.80 Å². The topological polar surface area (TPSA) is 33.5 Å². The van der Waals surface area contributed by atoms with Gasteiger partial charge in [-0.05, 0) is 64.9 Å². The van der Waals surface area contributed by atoms with E-state index in [1.54, 1.807) is 17.8 Å². The SMILES string of the molecule is CC(C)c1ccc(-c2cc(Oc3[c-]c4c(cc3)c3ccccc3n4-c3ccccn3)[c-]c(N3[CH-]N(c4ccc(F)cc4F)c4ccccc43)c2)cc1.[Pt]. The van der Waals surface area contributed by atoms with E-state index in [1.807, 2.05) is 77.7 Å². The number of fused-ring (bicyclic) bond motifs is 4. The van der Waals surface area contributed by atoms with Crippen LogP contribution in [0.3, 0.4) is 0 Å². The Morgan fingerprint density at radius 1 is 0.660 bits per heavy atom. The first-order valence-corrected chi connectivity index (χ1v) is 17.1. The number of para-hydroxylation sites is 3. The Balaban J connectivity index is 0.00000400. The molecule has 0 N–H and O–H groups in total. The zero-order valence-electron chi connectivity index (χ0n) is 28.7. The third kappa shape index (κ3) is 6.25. The number of aromatic nitrogens is 2. The molecule has 2 aromatic heterocycles. The predicted octanol–water partition coefficient (Wildman–Crippen LogP) is 12.0. The van der Waals surface area contributed by atoms with E-state index in [4.69, 9.17) is 4.74 Å². The standard InChI is InChI=1S/C45H31F2N4O.Pt/c1-29(2)30-14-16-31(17-15-30)32-23-34(49-28-50(43-12-6-5-11-42(43)49)41-21-18-33(46)25-39(41)47)26-36(24-32)52-35-19-20-38-37-9-3-4-10-40(37)51(44(38)27-35)45-13-7-8-22-48-45;/h3-25,28-29H,1-2H3;/q-3;. The summed E-state index contributed by atoms with van der Waals surface area (Å²) in [5.41, 5.74) is 7.51. The van der Waals surface area contributed by atoms with E-state index < -0.39 is 11.6 Å². The second kappa shape index (κ2) is 14.0. The van der Waals surface area contributed by atoms with Crippen molar-refractivity contribution >= 4 is 44.6 Å². The van der Waals surface area contributed by atoms with Crippen molar-refractivity contribution in [2.45, 2.75) is 19.8 Å². The molecular weight excluding hydrogens is 846 g/mol. The van der Waals surface area contributed by atoms with Gasteiger partial charge < -0.3 is 19.1 Å². The van der Waals surface area contributed by atoms with Crippen LogP contribution in [-0.2, 0) is 21.1 Å². The molecule has 0 saturated carbocycles. The van der Waals surface area contributed by atoms with Crippen LogP contribution in [0.4, 0.5) is 31.5 Å². The van der Waals surface area contributed by atoms with Gasteiger partial charge in [0, 0.05) is 67.4 Å². The summed E-state index contributed by atoms with van der Waals surface area (Å²) < 4.78 is 37.8. The number of nitrogens with zero attached hydrogens (tertiary/aromatic N) is 4. The smallest absolute Gasteiger partial charge is 0.147 e. The first-order valence-electron chi connectivity index (χ1n) is 17.1. The minimum Gasteiger partial charge on any atom is -0.509 e. The molecule has 0 aliphatic carbocycles. The third-order valence-electron chi connectivity index (χ3n) is 9.46. The Morgan fingerprint density at radius 2 is 1.42 bits per heavy atom. The Hall–Kier alpha value is -5.78. The molecule has 53 heavy (non-hydrogen) atoms. The molecular formula is C45H31F2N4OPt-3.